The van der Waals surface area contributed by atoms with Crippen LogP contribution in [-0.4, -0.2) is 21.9 Å². The maximum Gasteiger partial charge on any atom is 0.273 e. The Kier molecular flexibility index (Phi) is 4.18. The van der Waals surface area contributed by atoms with E-state index in [1.54, 1.807) is 11.5 Å². The van der Waals surface area contributed by atoms with Crippen molar-refractivity contribution in [3.8, 4) is 0 Å². The first-order chi connectivity index (χ1) is 11.0. The Labute approximate surface area is 141 Å². The van der Waals surface area contributed by atoms with E-state index in [0.717, 1.165) is 5.69 Å². The lowest BCUT2D eigenvalue weighted by molar-refractivity contribution is -0.116. The van der Waals surface area contributed by atoms with Gasteiger partial charge in [0.25, 0.3) is 5.91 Å². The lowest BCUT2D eigenvalue weighted by Crippen LogP contribution is -2.22. The van der Waals surface area contributed by atoms with Gasteiger partial charge < -0.3 is 5.32 Å². The van der Waals surface area contributed by atoms with Crippen molar-refractivity contribution in [2.24, 2.45) is 0 Å². The second-order valence-electron chi connectivity index (χ2n) is 4.71. The van der Waals surface area contributed by atoms with Gasteiger partial charge in [0.2, 0.25) is 5.91 Å². The SMILES string of the molecule is CC(=O)N(c1ccccc1)c1nc(/C=C2\NC(=S)NC2=O)cs1. The maximum atomic E-state index is 12.0. The molecule has 8 heteroatoms. The molecular weight excluding hydrogens is 332 g/mol. The van der Waals surface area contributed by atoms with Crippen LogP contribution in [0.15, 0.2) is 41.4 Å². The molecule has 2 heterocycles. The summed E-state index contributed by atoms with van der Waals surface area (Å²) in [6.07, 6.45) is 1.60. The van der Waals surface area contributed by atoms with Crippen LogP contribution in [0.4, 0.5) is 10.8 Å². The Morgan fingerprint density at radius 3 is 2.65 bits per heavy atom. The molecule has 0 spiro atoms. The largest absolute Gasteiger partial charge is 0.328 e. The van der Waals surface area contributed by atoms with E-state index in [4.69, 9.17) is 12.2 Å². The zero-order valence-electron chi connectivity index (χ0n) is 12.1. The van der Waals surface area contributed by atoms with Gasteiger partial charge in [0.1, 0.15) is 5.70 Å². The first-order valence-electron chi connectivity index (χ1n) is 6.70. The van der Waals surface area contributed by atoms with Gasteiger partial charge in [-0.2, -0.15) is 0 Å². The van der Waals surface area contributed by atoms with Crippen molar-refractivity contribution in [1.29, 1.82) is 0 Å². The van der Waals surface area contributed by atoms with Crippen LogP contribution in [0, 0.1) is 0 Å². The van der Waals surface area contributed by atoms with E-state index in [0.29, 0.717) is 16.5 Å². The highest BCUT2D eigenvalue weighted by Crippen LogP contribution is 2.29. The molecule has 0 aliphatic carbocycles. The number of carbonyl (C=O) groups is 2. The monoisotopic (exact) mass is 344 g/mol. The molecule has 0 radical (unpaired) electrons. The third-order valence-corrected chi connectivity index (χ3v) is 4.09. The van der Waals surface area contributed by atoms with Crippen LogP contribution in [0.1, 0.15) is 12.6 Å². The summed E-state index contributed by atoms with van der Waals surface area (Å²) in [7, 11) is 0. The highest BCUT2D eigenvalue weighted by Gasteiger charge is 2.21. The van der Waals surface area contributed by atoms with E-state index in [1.807, 2.05) is 30.3 Å². The number of thiocarbonyl (C=S) groups is 1. The van der Waals surface area contributed by atoms with Crippen LogP contribution in [0.5, 0.6) is 0 Å². The molecule has 2 N–H and O–H groups in total. The smallest absolute Gasteiger partial charge is 0.273 e. The number of amides is 2. The van der Waals surface area contributed by atoms with Gasteiger partial charge in [0.15, 0.2) is 10.2 Å². The van der Waals surface area contributed by atoms with Gasteiger partial charge in [0, 0.05) is 12.3 Å². The molecule has 3 rings (SSSR count). The molecule has 1 aliphatic rings. The average molecular weight is 344 g/mol. The fraction of sp³-hybridized carbons (Fsp3) is 0.0667. The first kappa shape index (κ1) is 15.3. The summed E-state index contributed by atoms with van der Waals surface area (Å²) in [6, 6.07) is 9.27. The van der Waals surface area contributed by atoms with Crippen LogP contribution in [0.2, 0.25) is 0 Å². The number of para-hydroxylation sites is 1. The zero-order chi connectivity index (χ0) is 16.4. The van der Waals surface area contributed by atoms with E-state index in [-0.39, 0.29) is 16.9 Å². The predicted molar refractivity (Wildman–Crippen MR) is 93.2 cm³/mol. The van der Waals surface area contributed by atoms with E-state index >= 15 is 0 Å². The highest BCUT2D eigenvalue weighted by atomic mass is 32.1. The fourth-order valence-electron chi connectivity index (χ4n) is 2.08. The van der Waals surface area contributed by atoms with E-state index < -0.39 is 0 Å². The number of aromatic nitrogens is 1. The second kappa shape index (κ2) is 6.27. The van der Waals surface area contributed by atoms with Gasteiger partial charge in [0.05, 0.1) is 11.4 Å². The number of nitrogens with zero attached hydrogens (tertiary/aromatic N) is 2. The first-order valence-corrected chi connectivity index (χ1v) is 7.98. The fourth-order valence-corrected chi connectivity index (χ4v) is 3.13. The summed E-state index contributed by atoms with van der Waals surface area (Å²) in [4.78, 5) is 29.6. The third-order valence-electron chi connectivity index (χ3n) is 3.04. The molecule has 6 nitrogen and oxygen atoms in total. The minimum Gasteiger partial charge on any atom is -0.328 e. The van der Waals surface area contributed by atoms with Crippen molar-refractivity contribution in [3.63, 3.8) is 0 Å². The van der Waals surface area contributed by atoms with Gasteiger partial charge in [-0.05, 0) is 30.4 Å². The highest BCUT2D eigenvalue weighted by molar-refractivity contribution is 7.80. The molecule has 1 aromatic carbocycles. The average Bonchev–Trinajstić information content (AvgIpc) is 3.07. The summed E-state index contributed by atoms with van der Waals surface area (Å²) < 4.78 is 0. The minimum absolute atomic E-state index is 0.136. The Morgan fingerprint density at radius 2 is 2.04 bits per heavy atom. The lowest BCUT2D eigenvalue weighted by atomic mass is 10.3. The van der Waals surface area contributed by atoms with Crippen LogP contribution >= 0.6 is 23.6 Å². The molecule has 0 atom stereocenters. The zero-order valence-corrected chi connectivity index (χ0v) is 13.7. The number of anilines is 2. The number of rotatable bonds is 3. The van der Waals surface area contributed by atoms with E-state index in [2.05, 4.69) is 15.6 Å². The molecule has 116 valence electrons. The molecule has 1 aliphatic heterocycles. The quantitative estimate of drug-likeness (QED) is 0.659. The summed E-state index contributed by atoms with van der Waals surface area (Å²) >= 11 is 6.20. The van der Waals surface area contributed by atoms with Crippen molar-refractivity contribution < 1.29 is 9.59 Å². The third kappa shape index (κ3) is 3.27. The molecular formula is C15H12N4O2S2. The van der Waals surface area contributed by atoms with Crippen LogP contribution in [-0.2, 0) is 9.59 Å². The van der Waals surface area contributed by atoms with E-state index in [9.17, 15) is 9.59 Å². The van der Waals surface area contributed by atoms with Gasteiger partial charge in [-0.1, -0.05) is 18.2 Å². The topological polar surface area (TPSA) is 74.3 Å². The molecule has 1 aromatic heterocycles. The molecule has 2 aromatic rings. The van der Waals surface area contributed by atoms with Gasteiger partial charge in [-0.3, -0.25) is 19.8 Å². The number of carbonyl (C=O) groups excluding carboxylic acids is 2. The molecule has 1 fully saturated rings. The Morgan fingerprint density at radius 1 is 1.30 bits per heavy atom. The normalized spacial score (nSPS) is 15.4. The van der Waals surface area contributed by atoms with Crippen molar-refractivity contribution in [2.75, 3.05) is 4.90 Å². The van der Waals surface area contributed by atoms with Crippen LogP contribution in [0.3, 0.4) is 0 Å². The molecule has 2 amide bonds. The molecule has 0 unspecified atom stereocenters. The number of thiazole rings is 1. The second-order valence-corrected chi connectivity index (χ2v) is 5.96. The number of benzene rings is 1. The van der Waals surface area contributed by atoms with Crippen molar-refractivity contribution in [1.82, 2.24) is 15.6 Å². The molecule has 23 heavy (non-hydrogen) atoms. The van der Waals surface area contributed by atoms with Gasteiger partial charge in [-0.25, -0.2) is 4.98 Å². The Balaban J connectivity index is 1.91. The van der Waals surface area contributed by atoms with Gasteiger partial charge >= 0.3 is 0 Å². The molecule has 0 saturated carbocycles. The van der Waals surface area contributed by atoms with Gasteiger partial charge in [-0.15, -0.1) is 11.3 Å². The Bertz CT molecular complexity index is 814. The lowest BCUT2D eigenvalue weighted by Gasteiger charge is -2.17. The summed E-state index contributed by atoms with van der Waals surface area (Å²) in [5.41, 5.74) is 1.65. The van der Waals surface area contributed by atoms with Crippen molar-refractivity contribution in [2.45, 2.75) is 6.92 Å². The predicted octanol–water partition coefficient (Wildman–Crippen LogP) is 2.17. The summed E-state index contributed by atoms with van der Waals surface area (Å²) in [5.74, 6) is -0.432. The molecule has 1 saturated heterocycles. The minimum atomic E-state index is -0.295. The van der Waals surface area contributed by atoms with Crippen molar-refractivity contribution >= 4 is 57.4 Å². The summed E-state index contributed by atoms with van der Waals surface area (Å²) in [6.45, 7) is 1.48. The van der Waals surface area contributed by atoms with Crippen LogP contribution < -0.4 is 15.5 Å². The number of nitrogens with one attached hydrogen (secondary N) is 2. The van der Waals surface area contributed by atoms with Crippen LogP contribution in [0.25, 0.3) is 6.08 Å². The Hall–Kier alpha value is -2.58. The standard InChI is InChI=1S/C15H12N4O2S2/c1-9(20)19(11-5-3-2-4-6-11)15-16-10(8-23-15)7-12-13(21)18-14(22)17-12/h2-8H,1H3,(H2,17,18,21,22)/b12-7-. The van der Waals surface area contributed by atoms with E-state index in [1.165, 1.54) is 23.2 Å². The number of hydrogen-bond donors (Lipinski definition) is 2. The summed E-state index contributed by atoms with van der Waals surface area (Å²) in [5, 5.41) is 7.83. The number of hydrogen-bond acceptors (Lipinski definition) is 5. The maximum absolute atomic E-state index is 12.0. The molecule has 0 bridgehead atoms. The van der Waals surface area contributed by atoms with Crippen molar-refractivity contribution in [3.05, 3.63) is 47.1 Å².